The predicted molar refractivity (Wildman–Crippen MR) is 105 cm³/mol. The number of methoxy groups -OCH3 is 1. The first-order valence-electron chi connectivity index (χ1n) is 8.98. The average molecular weight is 391 g/mol. The third kappa shape index (κ3) is 4.32. The molecule has 6 nitrogen and oxygen atoms in total. The molecule has 0 spiro atoms. The average Bonchev–Trinajstić information content (AvgIpc) is 2.69. The zero-order chi connectivity index (χ0) is 19.4. The van der Waals surface area contributed by atoms with Crippen molar-refractivity contribution in [3.8, 4) is 5.75 Å². The Morgan fingerprint density at radius 2 is 1.52 bits per heavy atom. The van der Waals surface area contributed by atoms with Crippen LogP contribution in [0.3, 0.4) is 0 Å². The Labute approximate surface area is 161 Å². The smallest absolute Gasteiger partial charge is 0.224 e. The number of ether oxygens (including phenoxy) is 1. The van der Waals surface area contributed by atoms with Crippen LogP contribution in [0.25, 0.3) is 0 Å². The molecule has 1 saturated heterocycles. The molecule has 1 aliphatic heterocycles. The van der Waals surface area contributed by atoms with Crippen molar-refractivity contribution < 1.29 is 18.3 Å². The van der Waals surface area contributed by atoms with E-state index in [9.17, 15) is 13.5 Å². The number of rotatable bonds is 6. The van der Waals surface area contributed by atoms with Crippen LogP contribution in [0.5, 0.6) is 5.75 Å². The minimum atomic E-state index is -3.74. The van der Waals surface area contributed by atoms with Gasteiger partial charge in [0.15, 0.2) is 0 Å². The van der Waals surface area contributed by atoms with Gasteiger partial charge in [-0.1, -0.05) is 42.5 Å². The lowest BCUT2D eigenvalue weighted by Crippen LogP contribution is -2.49. The molecule has 2 atom stereocenters. The number of aliphatic hydroxyl groups is 1. The van der Waals surface area contributed by atoms with Gasteiger partial charge in [0.05, 0.1) is 7.11 Å². The van der Waals surface area contributed by atoms with Crippen molar-refractivity contribution >= 4 is 10.0 Å². The summed E-state index contributed by atoms with van der Waals surface area (Å²) in [6.45, 7) is 2.22. The SMILES string of the molecule is COc1ccc([C@H](O)[C@H](c2ccccc2)S(=O)(=O)N2CCN(C)CC2)cc1. The van der Waals surface area contributed by atoms with E-state index in [0.717, 1.165) is 0 Å². The van der Waals surface area contributed by atoms with Crippen LogP contribution in [-0.4, -0.2) is 63.1 Å². The molecule has 1 aliphatic rings. The fourth-order valence-electron chi connectivity index (χ4n) is 3.34. The molecule has 146 valence electrons. The molecule has 0 amide bonds. The summed E-state index contributed by atoms with van der Waals surface area (Å²) >= 11 is 0. The van der Waals surface area contributed by atoms with E-state index in [4.69, 9.17) is 4.74 Å². The molecule has 27 heavy (non-hydrogen) atoms. The van der Waals surface area contributed by atoms with Gasteiger partial charge in [-0.15, -0.1) is 0 Å². The van der Waals surface area contributed by atoms with Crippen LogP contribution in [0, 0.1) is 0 Å². The number of piperazine rings is 1. The third-order valence-corrected chi connectivity index (χ3v) is 7.27. The van der Waals surface area contributed by atoms with E-state index in [1.807, 2.05) is 13.1 Å². The monoisotopic (exact) mass is 390 g/mol. The molecule has 1 N–H and O–H groups in total. The first-order chi connectivity index (χ1) is 12.9. The second-order valence-corrected chi connectivity index (χ2v) is 8.85. The van der Waals surface area contributed by atoms with Crippen molar-refractivity contribution in [2.75, 3.05) is 40.3 Å². The Bertz CT molecular complexity index is 832. The largest absolute Gasteiger partial charge is 0.497 e. The fraction of sp³-hybridized carbons (Fsp3) is 0.400. The molecule has 0 aromatic heterocycles. The fourth-order valence-corrected chi connectivity index (χ4v) is 5.32. The first-order valence-corrected chi connectivity index (χ1v) is 10.5. The molecule has 1 heterocycles. The molecule has 1 fully saturated rings. The molecular weight excluding hydrogens is 364 g/mol. The zero-order valence-electron chi connectivity index (χ0n) is 15.7. The lowest BCUT2D eigenvalue weighted by Gasteiger charge is -2.35. The van der Waals surface area contributed by atoms with Crippen LogP contribution < -0.4 is 4.74 Å². The van der Waals surface area contributed by atoms with E-state index in [-0.39, 0.29) is 0 Å². The molecule has 0 bridgehead atoms. The number of sulfonamides is 1. The van der Waals surface area contributed by atoms with Crippen LogP contribution >= 0.6 is 0 Å². The van der Waals surface area contributed by atoms with E-state index in [2.05, 4.69) is 4.90 Å². The van der Waals surface area contributed by atoms with Crippen molar-refractivity contribution in [2.45, 2.75) is 11.4 Å². The second-order valence-electron chi connectivity index (χ2n) is 6.80. The molecular formula is C20H26N2O4S. The number of aliphatic hydroxyl groups excluding tert-OH is 1. The van der Waals surface area contributed by atoms with E-state index in [1.54, 1.807) is 55.6 Å². The quantitative estimate of drug-likeness (QED) is 0.818. The number of benzene rings is 2. The first kappa shape index (κ1) is 19.8. The van der Waals surface area contributed by atoms with Gasteiger partial charge in [0.1, 0.15) is 17.1 Å². The number of likely N-dealkylation sites (N-methyl/N-ethyl adjacent to an activating group) is 1. The van der Waals surface area contributed by atoms with E-state index < -0.39 is 21.4 Å². The van der Waals surface area contributed by atoms with Gasteiger partial charge in [-0.05, 0) is 30.3 Å². The summed E-state index contributed by atoms with van der Waals surface area (Å²) in [7, 11) is -0.196. The van der Waals surface area contributed by atoms with Gasteiger partial charge in [-0.3, -0.25) is 0 Å². The zero-order valence-corrected chi connectivity index (χ0v) is 16.5. The Kier molecular flexibility index (Phi) is 6.16. The maximum atomic E-state index is 13.5. The summed E-state index contributed by atoms with van der Waals surface area (Å²) in [5.41, 5.74) is 1.13. The maximum Gasteiger partial charge on any atom is 0.224 e. The molecule has 3 rings (SSSR count). The molecule has 0 aliphatic carbocycles. The molecule has 0 radical (unpaired) electrons. The molecule has 0 saturated carbocycles. The lowest BCUT2D eigenvalue weighted by molar-refractivity contribution is 0.163. The molecule has 0 unspecified atom stereocenters. The van der Waals surface area contributed by atoms with Crippen LogP contribution in [0.4, 0.5) is 0 Å². The van der Waals surface area contributed by atoms with Crippen LogP contribution in [-0.2, 0) is 10.0 Å². The van der Waals surface area contributed by atoms with Crippen molar-refractivity contribution in [1.82, 2.24) is 9.21 Å². The highest BCUT2D eigenvalue weighted by Gasteiger charge is 2.40. The Hall–Kier alpha value is -1.93. The van der Waals surface area contributed by atoms with Crippen molar-refractivity contribution in [3.05, 3.63) is 65.7 Å². The Morgan fingerprint density at radius 1 is 0.926 bits per heavy atom. The summed E-state index contributed by atoms with van der Waals surface area (Å²) in [6.07, 6.45) is -1.18. The van der Waals surface area contributed by atoms with Gasteiger partial charge in [-0.25, -0.2) is 8.42 Å². The maximum absolute atomic E-state index is 13.5. The topological polar surface area (TPSA) is 70.1 Å². The number of hydrogen-bond donors (Lipinski definition) is 1. The molecule has 2 aromatic carbocycles. The summed E-state index contributed by atoms with van der Waals surface area (Å²) in [4.78, 5) is 2.10. The standard InChI is InChI=1S/C20H26N2O4S/c1-21-12-14-22(15-13-21)27(24,25)20(17-6-4-3-5-7-17)19(23)16-8-10-18(26-2)11-9-16/h3-11,19-20,23H,12-15H2,1-2H3/t19-,20-/m0/s1. The van der Waals surface area contributed by atoms with Crippen molar-refractivity contribution in [3.63, 3.8) is 0 Å². The summed E-state index contributed by atoms with van der Waals surface area (Å²) in [5, 5.41) is 10.00. The van der Waals surface area contributed by atoms with Gasteiger partial charge in [0, 0.05) is 26.2 Å². The van der Waals surface area contributed by atoms with Crippen LogP contribution in [0.15, 0.2) is 54.6 Å². The van der Waals surface area contributed by atoms with Gasteiger partial charge in [0.2, 0.25) is 10.0 Å². The second kappa shape index (κ2) is 8.39. The van der Waals surface area contributed by atoms with Gasteiger partial charge in [0.25, 0.3) is 0 Å². The lowest BCUT2D eigenvalue weighted by atomic mass is 10.0. The van der Waals surface area contributed by atoms with Crippen LogP contribution in [0.1, 0.15) is 22.5 Å². The Morgan fingerprint density at radius 3 is 2.07 bits per heavy atom. The van der Waals surface area contributed by atoms with Gasteiger partial charge >= 0.3 is 0 Å². The minimum absolute atomic E-state index is 0.428. The normalized spacial score (nSPS) is 18.8. The number of hydrogen-bond acceptors (Lipinski definition) is 5. The van der Waals surface area contributed by atoms with Gasteiger partial charge < -0.3 is 14.7 Å². The van der Waals surface area contributed by atoms with Crippen molar-refractivity contribution in [2.24, 2.45) is 0 Å². The highest BCUT2D eigenvalue weighted by Crippen LogP contribution is 2.38. The molecule has 7 heteroatoms. The summed E-state index contributed by atoms with van der Waals surface area (Å²) < 4.78 is 33.6. The molecule has 2 aromatic rings. The van der Waals surface area contributed by atoms with Gasteiger partial charge in [-0.2, -0.15) is 4.31 Å². The van der Waals surface area contributed by atoms with E-state index in [1.165, 1.54) is 4.31 Å². The highest BCUT2D eigenvalue weighted by molar-refractivity contribution is 7.89. The van der Waals surface area contributed by atoms with E-state index in [0.29, 0.717) is 43.1 Å². The summed E-state index contributed by atoms with van der Waals surface area (Å²) in [6, 6.07) is 15.8. The highest BCUT2D eigenvalue weighted by atomic mass is 32.2. The minimum Gasteiger partial charge on any atom is -0.497 e. The van der Waals surface area contributed by atoms with Crippen molar-refractivity contribution in [1.29, 1.82) is 0 Å². The van der Waals surface area contributed by atoms with Crippen LogP contribution in [0.2, 0.25) is 0 Å². The Balaban J connectivity index is 1.98. The van der Waals surface area contributed by atoms with E-state index >= 15 is 0 Å². The third-order valence-electron chi connectivity index (χ3n) is 5.02. The number of nitrogens with zero attached hydrogens (tertiary/aromatic N) is 2. The summed E-state index contributed by atoms with van der Waals surface area (Å²) in [5.74, 6) is 0.657. The predicted octanol–water partition coefficient (Wildman–Crippen LogP) is 2.05.